The van der Waals surface area contributed by atoms with Crippen molar-refractivity contribution in [3.63, 3.8) is 0 Å². The molecule has 0 rings (SSSR count). The van der Waals surface area contributed by atoms with Gasteiger partial charge in [-0.1, -0.05) is 31.6 Å². The van der Waals surface area contributed by atoms with Gasteiger partial charge in [-0.05, 0) is 12.8 Å². The van der Waals surface area contributed by atoms with Crippen LogP contribution in [0.15, 0.2) is 0 Å². The second-order valence-corrected chi connectivity index (χ2v) is 3.53. The second-order valence-electron chi connectivity index (χ2n) is 3.53. The molecule has 0 aromatic carbocycles. The highest BCUT2D eigenvalue weighted by Gasteiger charge is 1.95. The average molecular weight is 212 g/mol. The van der Waals surface area contributed by atoms with E-state index >= 15 is 0 Å². The van der Waals surface area contributed by atoms with Crippen LogP contribution in [-0.2, 0) is 4.79 Å². The van der Waals surface area contributed by atoms with Crippen LogP contribution in [0.5, 0.6) is 0 Å². The van der Waals surface area contributed by atoms with E-state index in [2.05, 4.69) is 11.8 Å². The van der Waals surface area contributed by atoms with Crippen molar-refractivity contribution in [3.05, 3.63) is 0 Å². The number of hydrogen-bond acceptors (Lipinski definition) is 2. The van der Waals surface area contributed by atoms with Crippen LogP contribution in [-0.4, -0.2) is 22.8 Å². The fourth-order valence-electron chi connectivity index (χ4n) is 1.34. The van der Waals surface area contributed by atoms with Gasteiger partial charge < -0.3 is 10.2 Å². The van der Waals surface area contributed by atoms with Crippen LogP contribution in [0.25, 0.3) is 0 Å². The molecule has 2 N–H and O–H groups in total. The molecule has 0 radical (unpaired) electrons. The molecule has 0 aliphatic carbocycles. The van der Waals surface area contributed by atoms with Gasteiger partial charge in [0.2, 0.25) is 0 Å². The van der Waals surface area contributed by atoms with Gasteiger partial charge in [-0.3, -0.25) is 4.79 Å². The summed E-state index contributed by atoms with van der Waals surface area (Å²) in [7, 11) is 0. The van der Waals surface area contributed by atoms with E-state index in [1.165, 1.54) is 0 Å². The monoisotopic (exact) mass is 212 g/mol. The molecule has 0 aromatic heterocycles. The Hall–Kier alpha value is -1.01. The van der Waals surface area contributed by atoms with Gasteiger partial charge in [0.25, 0.3) is 0 Å². The maximum absolute atomic E-state index is 10.2. The fraction of sp³-hybridized carbons (Fsp3) is 0.750. The third-order valence-electron chi connectivity index (χ3n) is 2.15. The average Bonchev–Trinajstić information content (AvgIpc) is 2.20. The molecule has 0 aliphatic rings. The summed E-state index contributed by atoms with van der Waals surface area (Å²) >= 11 is 0. The molecule has 86 valence electrons. The van der Waals surface area contributed by atoms with Crippen molar-refractivity contribution in [2.45, 2.75) is 51.4 Å². The number of aliphatic hydroxyl groups is 1. The van der Waals surface area contributed by atoms with Crippen LogP contribution in [0.3, 0.4) is 0 Å². The third-order valence-corrected chi connectivity index (χ3v) is 2.15. The van der Waals surface area contributed by atoms with E-state index in [0.717, 1.165) is 44.9 Å². The van der Waals surface area contributed by atoms with Crippen molar-refractivity contribution in [1.29, 1.82) is 0 Å². The predicted molar refractivity (Wildman–Crippen MR) is 59.4 cm³/mol. The van der Waals surface area contributed by atoms with Gasteiger partial charge in [0.05, 0.1) is 0 Å². The first-order valence-electron chi connectivity index (χ1n) is 5.55. The van der Waals surface area contributed by atoms with Crippen LogP contribution < -0.4 is 0 Å². The summed E-state index contributed by atoms with van der Waals surface area (Å²) in [6, 6.07) is 0. The van der Waals surface area contributed by atoms with Gasteiger partial charge in [-0.15, -0.1) is 5.92 Å². The van der Waals surface area contributed by atoms with Crippen molar-refractivity contribution in [3.8, 4) is 11.8 Å². The van der Waals surface area contributed by atoms with E-state index in [-0.39, 0.29) is 6.61 Å². The lowest BCUT2D eigenvalue weighted by Gasteiger charge is -1.98. The molecule has 15 heavy (non-hydrogen) atoms. The number of carbonyl (C=O) groups is 1. The largest absolute Gasteiger partial charge is 0.481 e. The number of unbranched alkanes of at least 4 members (excludes halogenated alkanes) is 6. The van der Waals surface area contributed by atoms with E-state index in [0.29, 0.717) is 6.42 Å². The lowest BCUT2D eigenvalue weighted by molar-refractivity contribution is -0.137. The molecule has 0 amide bonds. The number of rotatable bonds is 8. The number of aliphatic carboxylic acids is 1. The number of hydrogen-bond donors (Lipinski definition) is 2. The summed E-state index contributed by atoms with van der Waals surface area (Å²) in [4.78, 5) is 10.2. The molecular weight excluding hydrogens is 192 g/mol. The first kappa shape index (κ1) is 14.0. The first-order chi connectivity index (χ1) is 7.27. The van der Waals surface area contributed by atoms with Gasteiger partial charge in [0, 0.05) is 12.8 Å². The Balaban J connectivity index is 3.02. The molecule has 0 aliphatic heterocycles. The molecule has 0 saturated heterocycles. The van der Waals surface area contributed by atoms with Crippen LogP contribution in [0.4, 0.5) is 0 Å². The van der Waals surface area contributed by atoms with Crippen LogP contribution in [0, 0.1) is 11.8 Å². The molecule has 0 unspecified atom stereocenters. The fourth-order valence-corrected chi connectivity index (χ4v) is 1.34. The Labute approximate surface area is 91.5 Å². The summed E-state index contributed by atoms with van der Waals surface area (Å²) in [5, 5.41) is 16.8. The Morgan fingerprint density at radius 1 is 0.933 bits per heavy atom. The number of carboxylic acids is 1. The molecular formula is C12H20O3. The molecule has 0 bridgehead atoms. The predicted octanol–water partition coefficient (Wildman–Crippen LogP) is 2.19. The van der Waals surface area contributed by atoms with Crippen LogP contribution >= 0.6 is 0 Å². The zero-order chi connectivity index (χ0) is 11.4. The minimum Gasteiger partial charge on any atom is -0.481 e. The minimum absolute atomic E-state index is 0.0464. The maximum Gasteiger partial charge on any atom is 0.303 e. The number of aliphatic hydroxyl groups excluding tert-OH is 1. The summed E-state index contributed by atoms with van der Waals surface area (Å²) < 4.78 is 0. The molecule has 0 aromatic rings. The van der Waals surface area contributed by atoms with Crippen molar-refractivity contribution in [2.24, 2.45) is 0 Å². The lowest BCUT2D eigenvalue weighted by atomic mass is 10.1. The standard InChI is InChI=1S/C12H20O3/c13-11-9-7-5-3-1-2-4-6-8-10-12(14)15/h13H,1-6,8,10-11H2,(H,14,15). The SMILES string of the molecule is O=C(O)CCCCCCCCC#CCO. The topological polar surface area (TPSA) is 57.5 Å². The summed E-state index contributed by atoms with van der Waals surface area (Å²) in [6.45, 7) is -0.0464. The Morgan fingerprint density at radius 2 is 1.53 bits per heavy atom. The molecule has 0 fully saturated rings. The van der Waals surface area contributed by atoms with Gasteiger partial charge in [-0.25, -0.2) is 0 Å². The van der Waals surface area contributed by atoms with E-state index in [1.54, 1.807) is 0 Å². The zero-order valence-electron chi connectivity index (χ0n) is 9.17. The number of carboxylic acid groups (broad SMARTS) is 1. The normalized spacial score (nSPS) is 9.40. The molecule has 0 atom stereocenters. The molecule has 3 heteroatoms. The third kappa shape index (κ3) is 13.0. The van der Waals surface area contributed by atoms with Crippen molar-refractivity contribution < 1.29 is 15.0 Å². The molecule has 0 spiro atoms. The van der Waals surface area contributed by atoms with E-state index in [9.17, 15) is 4.79 Å². The van der Waals surface area contributed by atoms with Crippen LogP contribution in [0.2, 0.25) is 0 Å². The Kier molecular flexibility index (Phi) is 10.3. The molecule has 0 saturated carbocycles. The lowest BCUT2D eigenvalue weighted by Crippen LogP contribution is -1.93. The van der Waals surface area contributed by atoms with Crippen molar-refractivity contribution in [1.82, 2.24) is 0 Å². The van der Waals surface area contributed by atoms with Gasteiger partial charge >= 0.3 is 5.97 Å². The smallest absolute Gasteiger partial charge is 0.303 e. The highest BCUT2D eigenvalue weighted by Crippen LogP contribution is 2.08. The van der Waals surface area contributed by atoms with Crippen molar-refractivity contribution >= 4 is 5.97 Å². The van der Waals surface area contributed by atoms with Gasteiger partial charge in [0.15, 0.2) is 0 Å². The quantitative estimate of drug-likeness (QED) is 0.479. The molecule has 3 nitrogen and oxygen atoms in total. The van der Waals surface area contributed by atoms with Crippen molar-refractivity contribution in [2.75, 3.05) is 6.61 Å². The minimum atomic E-state index is -0.700. The first-order valence-corrected chi connectivity index (χ1v) is 5.55. The second kappa shape index (κ2) is 11.1. The maximum atomic E-state index is 10.2. The highest BCUT2D eigenvalue weighted by molar-refractivity contribution is 5.66. The highest BCUT2D eigenvalue weighted by atomic mass is 16.4. The summed E-state index contributed by atoms with van der Waals surface area (Å²) in [5.74, 6) is 4.79. The molecule has 0 heterocycles. The van der Waals surface area contributed by atoms with E-state index in [4.69, 9.17) is 10.2 Å². The summed E-state index contributed by atoms with van der Waals surface area (Å²) in [5.41, 5.74) is 0. The van der Waals surface area contributed by atoms with E-state index in [1.807, 2.05) is 0 Å². The summed E-state index contributed by atoms with van der Waals surface area (Å²) in [6.07, 6.45) is 7.44. The van der Waals surface area contributed by atoms with Crippen LogP contribution in [0.1, 0.15) is 51.4 Å². The zero-order valence-corrected chi connectivity index (χ0v) is 9.17. The Bertz CT molecular complexity index is 213. The van der Waals surface area contributed by atoms with E-state index < -0.39 is 5.97 Å². The Morgan fingerprint density at radius 3 is 2.13 bits per heavy atom. The van der Waals surface area contributed by atoms with Gasteiger partial charge in [0.1, 0.15) is 6.61 Å². The van der Waals surface area contributed by atoms with Gasteiger partial charge in [-0.2, -0.15) is 0 Å².